The number of carbonyl (C=O) groups is 2. The Morgan fingerprint density at radius 2 is 1.79 bits per heavy atom. The molecule has 1 heterocycles. The molecule has 1 aromatic carbocycles. The Hall–Kier alpha value is -2.28. The Balaban J connectivity index is 2.01. The van der Waals surface area contributed by atoms with Crippen molar-refractivity contribution >= 4 is 17.7 Å². The van der Waals surface area contributed by atoms with Gasteiger partial charge in [-0.2, -0.15) is 0 Å². The zero-order valence-electron chi connectivity index (χ0n) is 14.7. The smallest absolute Gasteiger partial charge is 0.341 e. The third-order valence-electron chi connectivity index (χ3n) is 4.19. The summed E-state index contributed by atoms with van der Waals surface area (Å²) in [6, 6.07) is 5.21. The molecule has 0 atom stereocenters. The molecule has 1 aliphatic heterocycles. The Kier molecular flexibility index (Phi) is 6.03. The van der Waals surface area contributed by atoms with Crippen LogP contribution in [0.4, 0.5) is 10.5 Å². The van der Waals surface area contributed by atoms with E-state index >= 15 is 0 Å². The topological polar surface area (TPSA) is 71.1 Å². The number of piperazine rings is 1. The molecule has 1 aromatic rings. The quantitative estimate of drug-likeness (QED) is 0.853. The second-order valence-corrected chi connectivity index (χ2v) is 5.95. The molecule has 1 fully saturated rings. The van der Waals surface area contributed by atoms with Crippen LogP contribution < -0.4 is 10.1 Å². The molecule has 0 saturated carbocycles. The van der Waals surface area contributed by atoms with Crippen molar-refractivity contribution in [1.82, 2.24) is 9.80 Å². The number of benzene rings is 1. The molecule has 0 bridgehead atoms. The van der Waals surface area contributed by atoms with Gasteiger partial charge in [-0.25, -0.2) is 9.59 Å². The largest absolute Gasteiger partial charge is 0.496 e. The van der Waals surface area contributed by atoms with Gasteiger partial charge in [-0.3, -0.25) is 4.90 Å². The highest BCUT2D eigenvalue weighted by molar-refractivity contribution is 5.95. The second-order valence-electron chi connectivity index (χ2n) is 5.95. The lowest BCUT2D eigenvalue weighted by Gasteiger charge is -2.36. The SMILES string of the molecule is COC(=O)c1ccc(NC(=O)N2CCN(C(C)C)CC2)cc1OC. The molecule has 2 amide bonds. The van der Waals surface area contributed by atoms with E-state index in [0.29, 0.717) is 36.1 Å². The third-order valence-corrected chi connectivity index (χ3v) is 4.19. The Morgan fingerprint density at radius 1 is 1.12 bits per heavy atom. The molecule has 7 nitrogen and oxygen atoms in total. The Bertz CT molecular complexity index is 595. The number of amides is 2. The van der Waals surface area contributed by atoms with Crippen molar-refractivity contribution in [2.75, 3.05) is 45.7 Å². The molecule has 0 aromatic heterocycles. The molecule has 132 valence electrons. The first kappa shape index (κ1) is 18.1. The number of nitrogens with one attached hydrogen (secondary N) is 1. The second kappa shape index (κ2) is 8.01. The fourth-order valence-electron chi connectivity index (χ4n) is 2.69. The summed E-state index contributed by atoms with van der Waals surface area (Å²) in [6.45, 7) is 7.45. The van der Waals surface area contributed by atoms with Crippen molar-refractivity contribution in [2.24, 2.45) is 0 Å². The van der Waals surface area contributed by atoms with Crippen LogP contribution in [0.2, 0.25) is 0 Å². The van der Waals surface area contributed by atoms with Gasteiger partial charge in [-0.1, -0.05) is 0 Å². The van der Waals surface area contributed by atoms with E-state index in [1.54, 1.807) is 23.1 Å². The zero-order chi connectivity index (χ0) is 17.7. The number of hydrogen-bond donors (Lipinski definition) is 1. The maximum absolute atomic E-state index is 12.4. The van der Waals surface area contributed by atoms with Crippen LogP contribution in [0.5, 0.6) is 5.75 Å². The summed E-state index contributed by atoms with van der Waals surface area (Å²) in [5, 5.41) is 2.85. The molecule has 0 unspecified atom stereocenters. The van der Waals surface area contributed by atoms with Gasteiger partial charge in [-0.05, 0) is 26.0 Å². The van der Waals surface area contributed by atoms with E-state index in [9.17, 15) is 9.59 Å². The van der Waals surface area contributed by atoms with Gasteiger partial charge >= 0.3 is 12.0 Å². The van der Waals surface area contributed by atoms with E-state index in [1.807, 2.05) is 0 Å². The number of hydrogen-bond acceptors (Lipinski definition) is 5. The Labute approximate surface area is 142 Å². The first-order valence-electron chi connectivity index (χ1n) is 8.02. The summed E-state index contributed by atoms with van der Waals surface area (Å²) < 4.78 is 9.91. The van der Waals surface area contributed by atoms with Crippen molar-refractivity contribution in [2.45, 2.75) is 19.9 Å². The summed E-state index contributed by atoms with van der Waals surface area (Å²) in [4.78, 5) is 28.2. The van der Waals surface area contributed by atoms with Crippen LogP contribution in [-0.2, 0) is 4.74 Å². The van der Waals surface area contributed by atoms with E-state index in [2.05, 4.69) is 24.1 Å². The van der Waals surface area contributed by atoms with Crippen LogP contribution in [0.1, 0.15) is 24.2 Å². The number of esters is 1. The average Bonchev–Trinajstić information content (AvgIpc) is 2.60. The highest BCUT2D eigenvalue weighted by Crippen LogP contribution is 2.24. The standard InChI is InChI=1S/C17H25N3O4/c1-12(2)19-7-9-20(10-8-19)17(22)18-13-5-6-14(16(21)24-4)15(11-13)23-3/h5-6,11-12H,7-10H2,1-4H3,(H,18,22). The van der Waals surface area contributed by atoms with Crippen LogP contribution >= 0.6 is 0 Å². The Morgan fingerprint density at radius 3 is 2.33 bits per heavy atom. The molecule has 24 heavy (non-hydrogen) atoms. The molecule has 1 N–H and O–H groups in total. The minimum absolute atomic E-state index is 0.147. The highest BCUT2D eigenvalue weighted by Gasteiger charge is 2.23. The molecule has 7 heteroatoms. The van der Waals surface area contributed by atoms with Crippen molar-refractivity contribution < 1.29 is 19.1 Å². The minimum atomic E-state index is -0.477. The van der Waals surface area contributed by atoms with Crippen molar-refractivity contribution in [3.63, 3.8) is 0 Å². The van der Waals surface area contributed by atoms with Crippen LogP contribution in [0.15, 0.2) is 18.2 Å². The summed E-state index contributed by atoms with van der Waals surface area (Å²) in [5.41, 5.74) is 0.902. The summed E-state index contributed by atoms with van der Waals surface area (Å²) in [5.74, 6) is -0.112. The van der Waals surface area contributed by atoms with Gasteiger partial charge < -0.3 is 19.7 Å². The molecule has 1 saturated heterocycles. The lowest BCUT2D eigenvalue weighted by Crippen LogP contribution is -2.51. The number of ether oxygens (including phenoxy) is 2. The van der Waals surface area contributed by atoms with E-state index in [-0.39, 0.29) is 6.03 Å². The van der Waals surface area contributed by atoms with Crippen LogP contribution in [-0.4, -0.2) is 68.2 Å². The van der Waals surface area contributed by atoms with Gasteiger partial charge in [0.15, 0.2) is 0 Å². The van der Waals surface area contributed by atoms with Crippen molar-refractivity contribution in [3.8, 4) is 5.75 Å². The van der Waals surface area contributed by atoms with Crippen molar-refractivity contribution in [1.29, 1.82) is 0 Å². The monoisotopic (exact) mass is 335 g/mol. The van der Waals surface area contributed by atoms with E-state index < -0.39 is 5.97 Å². The summed E-state index contributed by atoms with van der Waals surface area (Å²) in [6.07, 6.45) is 0. The van der Waals surface area contributed by atoms with Gasteiger partial charge in [0.1, 0.15) is 11.3 Å². The fourth-order valence-corrected chi connectivity index (χ4v) is 2.69. The minimum Gasteiger partial charge on any atom is -0.496 e. The predicted octanol–water partition coefficient (Wildman–Crippen LogP) is 2.04. The molecule has 2 rings (SSSR count). The first-order chi connectivity index (χ1) is 11.5. The van der Waals surface area contributed by atoms with Crippen LogP contribution in [0.25, 0.3) is 0 Å². The number of rotatable bonds is 4. The zero-order valence-corrected chi connectivity index (χ0v) is 14.7. The van der Waals surface area contributed by atoms with Gasteiger partial charge in [0.25, 0.3) is 0 Å². The molecular formula is C17H25N3O4. The van der Waals surface area contributed by atoms with Crippen LogP contribution in [0, 0.1) is 0 Å². The van der Waals surface area contributed by atoms with E-state index in [0.717, 1.165) is 13.1 Å². The van der Waals surface area contributed by atoms with E-state index in [4.69, 9.17) is 9.47 Å². The molecule has 0 aliphatic carbocycles. The number of methoxy groups -OCH3 is 2. The fraction of sp³-hybridized carbons (Fsp3) is 0.529. The van der Waals surface area contributed by atoms with Crippen molar-refractivity contribution in [3.05, 3.63) is 23.8 Å². The lowest BCUT2D eigenvalue weighted by molar-refractivity contribution is 0.0597. The number of carbonyl (C=O) groups excluding carboxylic acids is 2. The van der Waals surface area contributed by atoms with Gasteiger partial charge in [0, 0.05) is 44.0 Å². The van der Waals surface area contributed by atoms with Gasteiger partial charge in [-0.15, -0.1) is 0 Å². The van der Waals surface area contributed by atoms with Gasteiger partial charge in [0.2, 0.25) is 0 Å². The summed E-state index contributed by atoms with van der Waals surface area (Å²) >= 11 is 0. The van der Waals surface area contributed by atoms with Crippen LogP contribution in [0.3, 0.4) is 0 Å². The number of urea groups is 1. The summed E-state index contributed by atoms with van der Waals surface area (Å²) in [7, 11) is 2.78. The highest BCUT2D eigenvalue weighted by atomic mass is 16.5. The number of nitrogens with zero attached hydrogens (tertiary/aromatic N) is 2. The molecule has 0 spiro atoms. The molecule has 0 radical (unpaired) electrons. The maximum atomic E-state index is 12.4. The predicted molar refractivity (Wildman–Crippen MR) is 91.6 cm³/mol. The normalized spacial score (nSPS) is 15.3. The van der Waals surface area contributed by atoms with E-state index in [1.165, 1.54) is 14.2 Å². The van der Waals surface area contributed by atoms with Gasteiger partial charge in [0.05, 0.1) is 14.2 Å². The lowest BCUT2D eigenvalue weighted by atomic mass is 10.2. The maximum Gasteiger partial charge on any atom is 0.341 e. The first-order valence-corrected chi connectivity index (χ1v) is 8.02. The average molecular weight is 335 g/mol. The molecular weight excluding hydrogens is 310 g/mol. The third kappa shape index (κ3) is 4.17. The number of anilines is 1. The molecule has 1 aliphatic rings.